The second-order valence-corrected chi connectivity index (χ2v) is 6.31. The van der Waals surface area contributed by atoms with Crippen LogP contribution in [0.4, 0.5) is 0 Å². The standard InChI is InChI=1S/C15H27N5O8/c1-5(16)12(24)19-11(7(3)22)14(26)20-10(6(2)21)13(25)18-8(15(27)28)4-9(17)23/h5-8,10-11,21-22H,4,16H2,1-3H3,(H2,17,23)(H,18,25)(H,19,24)(H,20,26)(H,27,28). The van der Waals surface area contributed by atoms with Crippen LogP contribution >= 0.6 is 0 Å². The highest BCUT2D eigenvalue weighted by Crippen LogP contribution is 2.01. The molecule has 6 atom stereocenters. The van der Waals surface area contributed by atoms with Crippen LogP contribution in [0.1, 0.15) is 27.2 Å². The number of aliphatic hydroxyl groups excluding tert-OH is 2. The van der Waals surface area contributed by atoms with Gasteiger partial charge < -0.3 is 42.7 Å². The van der Waals surface area contributed by atoms with Gasteiger partial charge in [0.1, 0.15) is 18.1 Å². The van der Waals surface area contributed by atoms with Gasteiger partial charge in [0, 0.05) is 0 Å². The third-order valence-corrected chi connectivity index (χ3v) is 3.56. The summed E-state index contributed by atoms with van der Waals surface area (Å²) in [6.45, 7) is 3.70. The number of rotatable bonds is 11. The van der Waals surface area contributed by atoms with Crippen molar-refractivity contribution in [3.8, 4) is 0 Å². The highest BCUT2D eigenvalue weighted by molar-refractivity contribution is 5.95. The topological polar surface area (TPSA) is 234 Å². The predicted octanol–water partition coefficient (Wildman–Crippen LogP) is -4.49. The van der Waals surface area contributed by atoms with Crippen molar-refractivity contribution in [1.29, 1.82) is 0 Å². The van der Waals surface area contributed by atoms with Gasteiger partial charge in [-0.3, -0.25) is 19.2 Å². The quantitative estimate of drug-likeness (QED) is 0.165. The van der Waals surface area contributed by atoms with Crippen LogP contribution in [-0.4, -0.2) is 81.3 Å². The molecule has 0 fully saturated rings. The van der Waals surface area contributed by atoms with Gasteiger partial charge in [-0.05, 0) is 20.8 Å². The number of primary amides is 1. The van der Waals surface area contributed by atoms with Crippen LogP contribution in [-0.2, 0) is 24.0 Å². The van der Waals surface area contributed by atoms with E-state index in [1.54, 1.807) is 0 Å². The lowest BCUT2D eigenvalue weighted by atomic mass is 10.1. The molecule has 160 valence electrons. The van der Waals surface area contributed by atoms with E-state index in [9.17, 15) is 34.2 Å². The van der Waals surface area contributed by atoms with Crippen molar-refractivity contribution < 1.29 is 39.3 Å². The maximum Gasteiger partial charge on any atom is 0.326 e. The van der Waals surface area contributed by atoms with Crippen molar-refractivity contribution in [3.05, 3.63) is 0 Å². The van der Waals surface area contributed by atoms with Crippen LogP contribution in [0.3, 0.4) is 0 Å². The van der Waals surface area contributed by atoms with Gasteiger partial charge >= 0.3 is 5.97 Å². The fraction of sp³-hybridized carbons (Fsp3) is 0.667. The average Bonchev–Trinajstić information content (AvgIpc) is 2.54. The van der Waals surface area contributed by atoms with Gasteiger partial charge in [0.05, 0.1) is 24.7 Å². The summed E-state index contributed by atoms with van der Waals surface area (Å²) >= 11 is 0. The van der Waals surface area contributed by atoms with Crippen LogP contribution in [0.25, 0.3) is 0 Å². The molecule has 0 aliphatic carbocycles. The van der Waals surface area contributed by atoms with Crippen LogP contribution in [0, 0.1) is 0 Å². The molecule has 0 rings (SSSR count). The Morgan fingerprint density at radius 2 is 1.21 bits per heavy atom. The van der Waals surface area contributed by atoms with Crippen molar-refractivity contribution in [2.75, 3.05) is 0 Å². The third kappa shape index (κ3) is 8.28. The Hall–Kier alpha value is -2.77. The van der Waals surface area contributed by atoms with E-state index in [0.717, 1.165) is 6.92 Å². The van der Waals surface area contributed by atoms with E-state index < -0.39 is 72.4 Å². The molecule has 0 aliphatic rings. The number of carboxylic acids is 1. The highest BCUT2D eigenvalue weighted by Gasteiger charge is 2.34. The molecule has 0 radical (unpaired) electrons. The van der Waals surface area contributed by atoms with Crippen LogP contribution in [0.2, 0.25) is 0 Å². The van der Waals surface area contributed by atoms with E-state index >= 15 is 0 Å². The number of carbonyl (C=O) groups is 5. The highest BCUT2D eigenvalue weighted by atomic mass is 16.4. The maximum atomic E-state index is 12.4. The summed E-state index contributed by atoms with van der Waals surface area (Å²) < 4.78 is 0. The van der Waals surface area contributed by atoms with Crippen LogP contribution < -0.4 is 27.4 Å². The van der Waals surface area contributed by atoms with Gasteiger partial charge in [-0.2, -0.15) is 0 Å². The Balaban J connectivity index is 5.32. The number of aliphatic hydroxyl groups is 2. The molecule has 13 nitrogen and oxygen atoms in total. The first kappa shape index (κ1) is 25.2. The molecule has 10 N–H and O–H groups in total. The zero-order chi connectivity index (χ0) is 22.2. The first-order chi connectivity index (χ1) is 12.8. The maximum absolute atomic E-state index is 12.4. The predicted molar refractivity (Wildman–Crippen MR) is 94.3 cm³/mol. The molecular weight excluding hydrogens is 378 g/mol. The molecule has 6 unspecified atom stereocenters. The lowest BCUT2D eigenvalue weighted by Crippen LogP contribution is -2.61. The summed E-state index contributed by atoms with van der Waals surface area (Å²) in [5.74, 6) is -5.41. The number of amides is 4. The van der Waals surface area contributed by atoms with Gasteiger partial charge in [0.15, 0.2) is 0 Å². The van der Waals surface area contributed by atoms with Crippen molar-refractivity contribution in [1.82, 2.24) is 16.0 Å². The Bertz CT molecular complexity index is 607. The Morgan fingerprint density at radius 1 is 0.821 bits per heavy atom. The second kappa shape index (κ2) is 11.2. The van der Waals surface area contributed by atoms with Gasteiger partial charge in [0.2, 0.25) is 23.6 Å². The SMILES string of the molecule is CC(N)C(=O)NC(C(=O)NC(C(=O)NC(CC(N)=O)C(=O)O)C(C)O)C(C)O. The minimum atomic E-state index is -1.67. The largest absolute Gasteiger partial charge is 0.480 e. The lowest BCUT2D eigenvalue weighted by molar-refractivity contribution is -0.144. The molecule has 0 saturated heterocycles. The summed E-state index contributed by atoms with van der Waals surface area (Å²) in [5.41, 5.74) is 10.3. The van der Waals surface area contributed by atoms with Crippen molar-refractivity contribution in [3.63, 3.8) is 0 Å². The fourth-order valence-electron chi connectivity index (χ4n) is 2.00. The molecule has 0 spiro atoms. The average molecular weight is 405 g/mol. The number of hydrogen-bond donors (Lipinski definition) is 8. The van der Waals surface area contributed by atoms with E-state index in [0.29, 0.717) is 0 Å². The number of carboxylic acid groups (broad SMARTS) is 1. The van der Waals surface area contributed by atoms with E-state index in [-0.39, 0.29) is 0 Å². The Morgan fingerprint density at radius 3 is 1.54 bits per heavy atom. The Labute approximate surface area is 160 Å². The summed E-state index contributed by atoms with van der Waals surface area (Å²) in [6.07, 6.45) is -3.56. The number of carbonyl (C=O) groups excluding carboxylic acids is 4. The van der Waals surface area contributed by atoms with Crippen molar-refractivity contribution in [2.24, 2.45) is 11.5 Å². The number of nitrogens with two attached hydrogens (primary N) is 2. The smallest absolute Gasteiger partial charge is 0.326 e. The number of hydrogen-bond acceptors (Lipinski definition) is 8. The monoisotopic (exact) mass is 405 g/mol. The van der Waals surface area contributed by atoms with E-state index in [4.69, 9.17) is 16.6 Å². The zero-order valence-electron chi connectivity index (χ0n) is 15.7. The van der Waals surface area contributed by atoms with E-state index in [1.807, 2.05) is 5.32 Å². The zero-order valence-corrected chi connectivity index (χ0v) is 15.7. The summed E-state index contributed by atoms with van der Waals surface area (Å²) in [6, 6.07) is -5.78. The molecule has 0 aliphatic heterocycles. The van der Waals surface area contributed by atoms with E-state index in [1.165, 1.54) is 13.8 Å². The van der Waals surface area contributed by atoms with Gasteiger partial charge in [-0.25, -0.2) is 4.79 Å². The number of aliphatic carboxylic acids is 1. The minimum absolute atomic E-state index is 0.706. The minimum Gasteiger partial charge on any atom is -0.480 e. The van der Waals surface area contributed by atoms with Gasteiger partial charge in [0.25, 0.3) is 0 Å². The number of nitrogens with one attached hydrogen (secondary N) is 3. The first-order valence-electron chi connectivity index (χ1n) is 8.31. The van der Waals surface area contributed by atoms with E-state index in [2.05, 4.69) is 10.6 Å². The summed E-state index contributed by atoms with van der Waals surface area (Å²) in [7, 11) is 0. The van der Waals surface area contributed by atoms with Gasteiger partial charge in [-0.15, -0.1) is 0 Å². The van der Waals surface area contributed by atoms with Crippen molar-refractivity contribution >= 4 is 29.6 Å². The molecule has 0 aromatic rings. The molecule has 0 aromatic heterocycles. The molecule has 4 amide bonds. The summed E-state index contributed by atoms with van der Waals surface area (Å²) in [4.78, 5) is 58.3. The lowest BCUT2D eigenvalue weighted by Gasteiger charge is -2.27. The fourth-order valence-corrected chi connectivity index (χ4v) is 2.00. The molecule has 0 saturated carbocycles. The van der Waals surface area contributed by atoms with Crippen molar-refractivity contribution in [2.45, 2.75) is 63.6 Å². The normalized spacial score (nSPS) is 17.2. The molecule has 28 heavy (non-hydrogen) atoms. The molecule has 13 heteroatoms. The molecular formula is C15H27N5O8. The second-order valence-electron chi connectivity index (χ2n) is 6.31. The molecule has 0 bridgehead atoms. The summed E-state index contributed by atoms with van der Waals surface area (Å²) in [5, 5.41) is 34.8. The Kier molecular flexibility index (Phi) is 10.1. The molecule has 0 aromatic carbocycles. The first-order valence-corrected chi connectivity index (χ1v) is 8.31. The molecule has 0 heterocycles. The van der Waals surface area contributed by atoms with Gasteiger partial charge in [-0.1, -0.05) is 0 Å². The van der Waals surface area contributed by atoms with Crippen LogP contribution in [0.15, 0.2) is 0 Å². The third-order valence-electron chi connectivity index (χ3n) is 3.56. The van der Waals surface area contributed by atoms with Crippen LogP contribution in [0.5, 0.6) is 0 Å².